The predicted molar refractivity (Wildman–Crippen MR) is 115 cm³/mol. The van der Waals surface area contributed by atoms with Crippen LogP contribution in [0.2, 0.25) is 0 Å². The number of ketones is 1. The fourth-order valence-electron chi connectivity index (χ4n) is 2.09. The SMILES string of the molecule is CSNC(C)CCC(=O)NCCOCCOCC(=O)NCCOCCOCC(C)=O. The van der Waals surface area contributed by atoms with Gasteiger partial charge in [-0.2, -0.15) is 0 Å². The Morgan fingerprint density at radius 3 is 1.90 bits per heavy atom. The molecular weight excluding hydrogens is 414 g/mol. The second-order valence-electron chi connectivity index (χ2n) is 6.49. The van der Waals surface area contributed by atoms with E-state index in [-0.39, 0.29) is 30.8 Å². The molecule has 0 aliphatic rings. The monoisotopic (exact) mass is 451 g/mol. The number of Topliss-reactive ketones (excluding diaryl/α,β-unsaturated/α-hetero) is 1. The van der Waals surface area contributed by atoms with E-state index in [2.05, 4.69) is 15.4 Å². The van der Waals surface area contributed by atoms with Crippen LogP contribution in [0.25, 0.3) is 0 Å². The van der Waals surface area contributed by atoms with Gasteiger partial charge in [-0.1, -0.05) is 11.9 Å². The van der Waals surface area contributed by atoms with Gasteiger partial charge < -0.3 is 29.6 Å². The number of hydrogen-bond acceptors (Lipinski definition) is 9. The summed E-state index contributed by atoms with van der Waals surface area (Å²) in [4.78, 5) is 33.9. The number of amides is 2. The van der Waals surface area contributed by atoms with Gasteiger partial charge in [0.1, 0.15) is 13.2 Å². The highest BCUT2D eigenvalue weighted by Crippen LogP contribution is 1.99. The fraction of sp³-hybridized carbons (Fsp3) is 0.842. The predicted octanol–water partition coefficient (Wildman–Crippen LogP) is -0.0895. The molecule has 0 saturated carbocycles. The molecule has 3 N–H and O–H groups in total. The number of hydrogen-bond donors (Lipinski definition) is 3. The molecule has 11 heteroatoms. The number of carbonyl (C=O) groups is 3. The smallest absolute Gasteiger partial charge is 0.246 e. The molecule has 2 amide bonds. The van der Waals surface area contributed by atoms with Gasteiger partial charge in [0, 0.05) is 25.6 Å². The van der Waals surface area contributed by atoms with Gasteiger partial charge in [0.2, 0.25) is 11.8 Å². The third-order valence-corrected chi connectivity index (χ3v) is 4.18. The molecule has 0 bridgehead atoms. The Kier molecular flexibility index (Phi) is 20.1. The molecule has 1 atom stereocenters. The molecule has 0 heterocycles. The molecule has 0 saturated heterocycles. The average Bonchev–Trinajstić information content (AvgIpc) is 2.70. The minimum atomic E-state index is -0.233. The largest absolute Gasteiger partial charge is 0.377 e. The van der Waals surface area contributed by atoms with Crippen molar-refractivity contribution >= 4 is 29.5 Å². The van der Waals surface area contributed by atoms with Crippen LogP contribution in [0.15, 0.2) is 0 Å². The van der Waals surface area contributed by atoms with E-state index in [1.54, 1.807) is 11.9 Å². The molecule has 0 aliphatic heterocycles. The first kappa shape index (κ1) is 28.8. The molecular formula is C19H37N3O7S. The van der Waals surface area contributed by atoms with Crippen LogP contribution in [-0.4, -0.2) is 95.8 Å². The highest BCUT2D eigenvalue weighted by molar-refractivity contribution is 7.96. The van der Waals surface area contributed by atoms with Gasteiger partial charge in [0.25, 0.3) is 0 Å². The molecule has 0 aromatic carbocycles. The lowest BCUT2D eigenvalue weighted by molar-refractivity contribution is -0.127. The zero-order valence-corrected chi connectivity index (χ0v) is 19.1. The summed E-state index contributed by atoms with van der Waals surface area (Å²) < 4.78 is 24.0. The van der Waals surface area contributed by atoms with E-state index in [1.165, 1.54) is 6.92 Å². The molecule has 0 aliphatic carbocycles. The van der Waals surface area contributed by atoms with E-state index < -0.39 is 0 Å². The second-order valence-corrected chi connectivity index (χ2v) is 7.14. The van der Waals surface area contributed by atoms with Crippen LogP contribution in [0.3, 0.4) is 0 Å². The average molecular weight is 452 g/mol. The zero-order chi connectivity index (χ0) is 22.5. The van der Waals surface area contributed by atoms with Crippen molar-refractivity contribution < 1.29 is 33.3 Å². The molecule has 0 radical (unpaired) electrons. The van der Waals surface area contributed by atoms with Crippen molar-refractivity contribution in [2.75, 3.05) is 72.2 Å². The molecule has 10 nitrogen and oxygen atoms in total. The first-order valence-electron chi connectivity index (χ1n) is 10.1. The van der Waals surface area contributed by atoms with Gasteiger partial charge in [0.05, 0.1) is 39.6 Å². The Morgan fingerprint density at radius 1 is 0.800 bits per heavy atom. The van der Waals surface area contributed by atoms with Crippen LogP contribution < -0.4 is 15.4 Å². The van der Waals surface area contributed by atoms with Crippen LogP contribution >= 0.6 is 11.9 Å². The maximum Gasteiger partial charge on any atom is 0.246 e. The van der Waals surface area contributed by atoms with E-state index in [9.17, 15) is 14.4 Å². The Balaban J connectivity index is 3.33. The summed E-state index contributed by atoms with van der Waals surface area (Å²) in [5.74, 6) is -0.252. The highest BCUT2D eigenvalue weighted by Gasteiger charge is 2.05. The van der Waals surface area contributed by atoms with Crippen molar-refractivity contribution in [3.05, 3.63) is 0 Å². The van der Waals surface area contributed by atoms with Crippen LogP contribution in [0.4, 0.5) is 0 Å². The number of ether oxygens (including phenoxy) is 4. The van der Waals surface area contributed by atoms with Gasteiger partial charge in [0.15, 0.2) is 5.78 Å². The third kappa shape index (κ3) is 21.5. The summed E-state index contributed by atoms with van der Waals surface area (Å²) in [5, 5.41) is 5.47. The number of carbonyl (C=O) groups excluding carboxylic acids is 3. The molecule has 0 aromatic rings. The Bertz CT molecular complexity index is 469. The number of nitrogens with one attached hydrogen (secondary N) is 3. The molecule has 176 valence electrons. The van der Waals surface area contributed by atoms with Crippen molar-refractivity contribution in [1.82, 2.24) is 15.4 Å². The van der Waals surface area contributed by atoms with Gasteiger partial charge in [-0.05, 0) is 26.5 Å². The van der Waals surface area contributed by atoms with E-state index >= 15 is 0 Å². The third-order valence-electron chi connectivity index (χ3n) is 3.54. The Labute approximate surface area is 183 Å². The topological polar surface area (TPSA) is 124 Å². The summed E-state index contributed by atoms with van der Waals surface area (Å²) in [6, 6.07) is 0.294. The molecule has 0 rings (SSSR count). The van der Waals surface area contributed by atoms with Crippen LogP contribution in [-0.2, 0) is 33.3 Å². The highest BCUT2D eigenvalue weighted by atomic mass is 32.2. The van der Waals surface area contributed by atoms with Crippen molar-refractivity contribution in [2.24, 2.45) is 0 Å². The summed E-state index contributed by atoms with van der Waals surface area (Å²) >= 11 is 1.55. The lowest BCUT2D eigenvalue weighted by Gasteiger charge is -2.11. The van der Waals surface area contributed by atoms with Crippen molar-refractivity contribution in [3.8, 4) is 0 Å². The van der Waals surface area contributed by atoms with Crippen molar-refractivity contribution in [1.29, 1.82) is 0 Å². The maximum atomic E-state index is 11.7. The Hall–Kier alpha value is -1.24. The van der Waals surface area contributed by atoms with Gasteiger partial charge in [-0.15, -0.1) is 0 Å². The minimum absolute atomic E-state index is 0.00819. The number of rotatable bonds is 21. The lowest BCUT2D eigenvalue weighted by atomic mass is 10.2. The molecule has 0 aromatic heterocycles. The molecule has 30 heavy (non-hydrogen) atoms. The van der Waals surface area contributed by atoms with E-state index in [0.29, 0.717) is 65.2 Å². The van der Waals surface area contributed by atoms with Crippen LogP contribution in [0.1, 0.15) is 26.7 Å². The van der Waals surface area contributed by atoms with Crippen LogP contribution in [0.5, 0.6) is 0 Å². The second kappa shape index (κ2) is 21.0. The first-order chi connectivity index (χ1) is 14.5. The Morgan fingerprint density at radius 2 is 1.33 bits per heavy atom. The van der Waals surface area contributed by atoms with Crippen molar-refractivity contribution in [3.63, 3.8) is 0 Å². The summed E-state index contributed by atoms with van der Waals surface area (Å²) in [7, 11) is 0. The zero-order valence-electron chi connectivity index (χ0n) is 18.3. The van der Waals surface area contributed by atoms with Crippen LogP contribution in [0, 0.1) is 0 Å². The van der Waals surface area contributed by atoms with Gasteiger partial charge >= 0.3 is 0 Å². The fourth-order valence-corrected chi connectivity index (χ4v) is 2.61. The summed E-state index contributed by atoms with van der Waals surface area (Å²) in [6.07, 6.45) is 3.22. The molecule has 1 unspecified atom stereocenters. The molecule has 0 fully saturated rings. The van der Waals surface area contributed by atoms with E-state index in [0.717, 1.165) is 6.42 Å². The van der Waals surface area contributed by atoms with Gasteiger partial charge in [-0.25, -0.2) is 0 Å². The minimum Gasteiger partial charge on any atom is -0.377 e. The lowest BCUT2D eigenvalue weighted by Crippen LogP contribution is -2.31. The van der Waals surface area contributed by atoms with E-state index in [4.69, 9.17) is 18.9 Å². The first-order valence-corrected chi connectivity index (χ1v) is 11.3. The summed E-state index contributed by atoms with van der Waals surface area (Å²) in [5.41, 5.74) is 0. The maximum absolute atomic E-state index is 11.7. The van der Waals surface area contributed by atoms with Gasteiger partial charge in [-0.3, -0.25) is 19.1 Å². The quantitative estimate of drug-likeness (QED) is 0.162. The molecule has 0 spiro atoms. The van der Waals surface area contributed by atoms with Crippen molar-refractivity contribution in [2.45, 2.75) is 32.7 Å². The summed E-state index contributed by atoms with van der Waals surface area (Å²) in [6.45, 7) is 6.46. The normalized spacial score (nSPS) is 11.8. The standard InChI is InChI=1S/C19H37N3O7S/c1-16(22-30-3)4-5-18(24)20-6-8-26-11-13-29-15-19(25)21-7-9-27-10-12-28-14-17(2)23/h16,22H,4-15H2,1-3H3,(H,20,24)(H,21,25). The van der Waals surface area contributed by atoms with E-state index in [1.807, 2.05) is 13.2 Å².